The molecule has 18 heavy (non-hydrogen) atoms. The second-order valence-corrected chi connectivity index (χ2v) is 3.68. The van der Waals surface area contributed by atoms with Gasteiger partial charge in [0.05, 0.1) is 20.8 Å². The number of methoxy groups -OCH3 is 2. The molecule has 1 aromatic rings. The van der Waals surface area contributed by atoms with Gasteiger partial charge in [-0.2, -0.15) is 0 Å². The minimum absolute atomic E-state index is 0.250. The summed E-state index contributed by atoms with van der Waals surface area (Å²) in [5, 5.41) is 5.65. The SMILES string of the molecule is COc1ccc(NC(=O)C2=NCCN2)cc1OC. The first-order chi connectivity index (χ1) is 8.74. The summed E-state index contributed by atoms with van der Waals surface area (Å²) in [6.45, 7) is 1.34. The number of carbonyl (C=O) groups is 1. The van der Waals surface area contributed by atoms with Crippen LogP contribution in [0.25, 0.3) is 0 Å². The molecule has 1 amide bonds. The highest BCUT2D eigenvalue weighted by molar-refractivity contribution is 6.42. The number of hydrogen-bond acceptors (Lipinski definition) is 5. The van der Waals surface area contributed by atoms with Gasteiger partial charge in [-0.3, -0.25) is 9.79 Å². The number of nitrogens with zero attached hydrogens (tertiary/aromatic N) is 1. The first kappa shape index (κ1) is 12.2. The van der Waals surface area contributed by atoms with Crippen LogP contribution in [0, 0.1) is 0 Å². The van der Waals surface area contributed by atoms with Gasteiger partial charge in [0.15, 0.2) is 17.3 Å². The van der Waals surface area contributed by atoms with Gasteiger partial charge in [0.25, 0.3) is 5.91 Å². The lowest BCUT2D eigenvalue weighted by Gasteiger charge is -2.10. The summed E-state index contributed by atoms with van der Waals surface area (Å²) >= 11 is 0. The van der Waals surface area contributed by atoms with Crippen molar-refractivity contribution in [3.05, 3.63) is 18.2 Å². The number of aliphatic imine (C=N–C) groups is 1. The molecule has 1 aliphatic rings. The third-order valence-electron chi connectivity index (χ3n) is 2.53. The second-order valence-electron chi connectivity index (χ2n) is 3.68. The molecule has 96 valence electrons. The molecule has 0 spiro atoms. The molecule has 0 atom stereocenters. The van der Waals surface area contributed by atoms with Crippen LogP contribution in [-0.4, -0.2) is 39.1 Å². The van der Waals surface area contributed by atoms with Crippen LogP contribution >= 0.6 is 0 Å². The van der Waals surface area contributed by atoms with E-state index < -0.39 is 0 Å². The molecule has 0 aromatic heterocycles. The fourth-order valence-corrected chi connectivity index (χ4v) is 1.65. The van der Waals surface area contributed by atoms with Crippen molar-refractivity contribution >= 4 is 17.4 Å². The molecule has 0 fully saturated rings. The standard InChI is InChI=1S/C12H15N3O3/c1-17-9-4-3-8(7-10(9)18-2)15-12(16)11-13-5-6-14-11/h3-4,7H,5-6H2,1-2H3,(H,13,14)(H,15,16). The fourth-order valence-electron chi connectivity index (χ4n) is 1.65. The summed E-state index contributed by atoms with van der Waals surface area (Å²) < 4.78 is 10.3. The summed E-state index contributed by atoms with van der Waals surface area (Å²) in [6, 6.07) is 5.18. The number of ether oxygens (including phenoxy) is 2. The monoisotopic (exact) mass is 249 g/mol. The third kappa shape index (κ3) is 2.53. The maximum absolute atomic E-state index is 11.8. The van der Waals surface area contributed by atoms with Gasteiger partial charge in [-0.25, -0.2) is 0 Å². The zero-order valence-corrected chi connectivity index (χ0v) is 10.3. The van der Waals surface area contributed by atoms with E-state index in [0.29, 0.717) is 36.1 Å². The third-order valence-corrected chi connectivity index (χ3v) is 2.53. The summed E-state index contributed by atoms with van der Waals surface area (Å²) in [5.41, 5.74) is 0.633. The molecule has 0 radical (unpaired) electrons. The van der Waals surface area contributed by atoms with Gasteiger partial charge < -0.3 is 20.1 Å². The van der Waals surface area contributed by atoms with Crippen LogP contribution in [0.4, 0.5) is 5.69 Å². The summed E-state index contributed by atoms with van der Waals surface area (Å²) in [4.78, 5) is 15.8. The van der Waals surface area contributed by atoms with E-state index in [9.17, 15) is 4.79 Å². The summed E-state index contributed by atoms with van der Waals surface area (Å²) in [5.74, 6) is 1.30. The average Bonchev–Trinajstić information content (AvgIpc) is 2.92. The van der Waals surface area contributed by atoms with Crippen LogP contribution in [0.2, 0.25) is 0 Å². The number of amides is 1. The first-order valence-corrected chi connectivity index (χ1v) is 5.56. The van der Waals surface area contributed by atoms with E-state index in [1.165, 1.54) is 0 Å². The molecule has 6 nitrogen and oxygen atoms in total. The van der Waals surface area contributed by atoms with E-state index in [0.717, 1.165) is 0 Å². The lowest BCUT2D eigenvalue weighted by atomic mass is 10.2. The van der Waals surface area contributed by atoms with Crippen molar-refractivity contribution in [1.29, 1.82) is 0 Å². The van der Waals surface area contributed by atoms with Gasteiger partial charge in [-0.15, -0.1) is 0 Å². The fraction of sp³-hybridized carbons (Fsp3) is 0.333. The smallest absolute Gasteiger partial charge is 0.290 e. The predicted octanol–water partition coefficient (Wildman–Crippen LogP) is 0.644. The molecule has 0 saturated heterocycles. The molecule has 0 bridgehead atoms. The van der Waals surface area contributed by atoms with Crippen molar-refractivity contribution in [3.8, 4) is 11.5 Å². The molecule has 1 aromatic carbocycles. The lowest BCUT2D eigenvalue weighted by molar-refractivity contribution is -0.110. The Bertz CT molecular complexity index is 485. The number of benzene rings is 1. The van der Waals surface area contributed by atoms with E-state index in [2.05, 4.69) is 15.6 Å². The molecule has 0 saturated carbocycles. The molecule has 1 aliphatic heterocycles. The van der Waals surface area contributed by atoms with E-state index in [1.807, 2.05) is 0 Å². The maximum Gasteiger partial charge on any atom is 0.290 e. The largest absolute Gasteiger partial charge is 0.493 e. The van der Waals surface area contributed by atoms with Crippen molar-refractivity contribution in [2.24, 2.45) is 4.99 Å². The molecular weight excluding hydrogens is 234 g/mol. The molecule has 0 aliphatic carbocycles. The van der Waals surface area contributed by atoms with Crippen LogP contribution in [0.5, 0.6) is 11.5 Å². The van der Waals surface area contributed by atoms with Gasteiger partial charge in [0.2, 0.25) is 0 Å². The normalized spacial score (nSPS) is 13.6. The van der Waals surface area contributed by atoms with Crippen LogP contribution in [0.3, 0.4) is 0 Å². The highest BCUT2D eigenvalue weighted by Crippen LogP contribution is 2.29. The van der Waals surface area contributed by atoms with E-state index in [-0.39, 0.29) is 5.91 Å². The average molecular weight is 249 g/mol. The van der Waals surface area contributed by atoms with E-state index in [1.54, 1.807) is 32.4 Å². The van der Waals surface area contributed by atoms with Crippen molar-refractivity contribution in [3.63, 3.8) is 0 Å². The number of amidine groups is 1. The van der Waals surface area contributed by atoms with Crippen molar-refractivity contribution in [2.75, 3.05) is 32.6 Å². The molecule has 1 heterocycles. The zero-order chi connectivity index (χ0) is 13.0. The molecule has 6 heteroatoms. The quantitative estimate of drug-likeness (QED) is 0.821. The van der Waals surface area contributed by atoms with E-state index >= 15 is 0 Å². The Morgan fingerprint density at radius 2 is 2.11 bits per heavy atom. The minimum Gasteiger partial charge on any atom is -0.493 e. The van der Waals surface area contributed by atoms with Crippen LogP contribution in [0.1, 0.15) is 0 Å². The van der Waals surface area contributed by atoms with Gasteiger partial charge in [-0.05, 0) is 12.1 Å². The molecule has 2 N–H and O–H groups in total. The number of anilines is 1. The molecule has 0 unspecified atom stereocenters. The van der Waals surface area contributed by atoms with Crippen LogP contribution in [0.15, 0.2) is 23.2 Å². The number of nitrogens with one attached hydrogen (secondary N) is 2. The Hall–Kier alpha value is -2.24. The van der Waals surface area contributed by atoms with Gasteiger partial charge in [-0.1, -0.05) is 0 Å². The highest BCUT2D eigenvalue weighted by atomic mass is 16.5. The van der Waals surface area contributed by atoms with Crippen LogP contribution in [-0.2, 0) is 4.79 Å². The van der Waals surface area contributed by atoms with Crippen molar-refractivity contribution < 1.29 is 14.3 Å². The Morgan fingerprint density at radius 1 is 1.33 bits per heavy atom. The van der Waals surface area contributed by atoms with Gasteiger partial charge in [0.1, 0.15) is 0 Å². The van der Waals surface area contributed by atoms with Gasteiger partial charge in [0, 0.05) is 18.3 Å². The zero-order valence-electron chi connectivity index (χ0n) is 10.3. The number of rotatable bonds is 4. The Balaban J connectivity index is 2.11. The minimum atomic E-state index is -0.250. The summed E-state index contributed by atoms with van der Waals surface area (Å²) in [7, 11) is 3.11. The number of hydrogen-bond donors (Lipinski definition) is 2. The predicted molar refractivity (Wildman–Crippen MR) is 68.5 cm³/mol. The summed E-state index contributed by atoms with van der Waals surface area (Å²) in [6.07, 6.45) is 0. The molecule has 2 rings (SSSR count). The first-order valence-electron chi connectivity index (χ1n) is 5.56. The molecular formula is C12H15N3O3. The highest BCUT2D eigenvalue weighted by Gasteiger charge is 2.15. The van der Waals surface area contributed by atoms with E-state index in [4.69, 9.17) is 9.47 Å². The Kier molecular flexibility index (Phi) is 3.66. The second kappa shape index (κ2) is 5.39. The van der Waals surface area contributed by atoms with Gasteiger partial charge >= 0.3 is 0 Å². The lowest BCUT2D eigenvalue weighted by Crippen LogP contribution is -2.32. The number of carbonyl (C=O) groups excluding carboxylic acids is 1. The maximum atomic E-state index is 11.8. The van der Waals surface area contributed by atoms with Crippen molar-refractivity contribution in [2.45, 2.75) is 0 Å². The Labute approximate surface area is 105 Å². The Morgan fingerprint density at radius 3 is 2.72 bits per heavy atom. The topological polar surface area (TPSA) is 72.0 Å². The van der Waals surface area contributed by atoms with Crippen molar-refractivity contribution in [1.82, 2.24) is 5.32 Å². The van der Waals surface area contributed by atoms with Crippen LogP contribution < -0.4 is 20.1 Å².